The van der Waals surface area contributed by atoms with Gasteiger partial charge in [-0.05, 0) is 49.4 Å². The summed E-state index contributed by atoms with van der Waals surface area (Å²) in [5, 5.41) is 7.32. The molecule has 3 fully saturated rings. The molecule has 0 unspecified atom stereocenters. The second kappa shape index (κ2) is 6.33. The Morgan fingerprint density at radius 2 is 2.31 bits per heavy atom. The minimum atomic E-state index is -2.85. The fourth-order valence-corrected chi connectivity index (χ4v) is 4.59. The van der Waals surface area contributed by atoms with Crippen LogP contribution in [0.4, 0.5) is 14.6 Å². The molecule has 9 heteroatoms. The van der Waals surface area contributed by atoms with Crippen molar-refractivity contribution in [2.45, 2.75) is 38.2 Å². The number of ether oxygens (including phenoxy) is 1. The van der Waals surface area contributed by atoms with Crippen LogP contribution in [0.3, 0.4) is 0 Å². The molecule has 3 saturated carbocycles. The van der Waals surface area contributed by atoms with Crippen LogP contribution in [0.1, 0.15) is 26.2 Å². The third-order valence-corrected chi connectivity index (χ3v) is 5.64. The lowest BCUT2D eigenvalue weighted by Gasteiger charge is -2.51. The van der Waals surface area contributed by atoms with E-state index in [9.17, 15) is 13.6 Å². The predicted molar refractivity (Wildman–Crippen MR) is 91.3 cm³/mol. The van der Waals surface area contributed by atoms with E-state index < -0.39 is 29.8 Å². The number of aromatic nitrogens is 3. The number of carbonyl (C=O) groups is 1. The van der Waals surface area contributed by atoms with Gasteiger partial charge in [-0.25, -0.2) is 13.3 Å². The van der Waals surface area contributed by atoms with E-state index in [1.165, 1.54) is 0 Å². The molecule has 4 atom stereocenters. The van der Waals surface area contributed by atoms with Crippen LogP contribution in [0.5, 0.6) is 0 Å². The Hall–Kier alpha value is -1.96. The molecule has 0 radical (unpaired) electrons. The average molecular weight is 385 g/mol. The molecule has 3 aliphatic carbocycles. The van der Waals surface area contributed by atoms with E-state index in [2.05, 4.69) is 15.4 Å². The van der Waals surface area contributed by atoms with Gasteiger partial charge in [0.05, 0.1) is 12.5 Å². The van der Waals surface area contributed by atoms with Crippen molar-refractivity contribution in [3.63, 3.8) is 0 Å². The van der Waals surface area contributed by atoms with Gasteiger partial charge in [0, 0.05) is 24.6 Å². The second-order valence-corrected chi connectivity index (χ2v) is 7.26. The first kappa shape index (κ1) is 17.5. The van der Waals surface area contributed by atoms with Crippen LogP contribution in [0.15, 0.2) is 18.3 Å². The minimum absolute atomic E-state index is 0.0372. The summed E-state index contributed by atoms with van der Waals surface area (Å²) in [5.74, 6) is -5.28. The minimum Gasteiger partial charge on any atom is -0.466 e. The molecule has 2 aromatic rings. The summed E-state index contributed by atoms with van der Waals surface area (Å²) in [6, 6.07) is 3.11. The molecule has 26 heavy (non-hydrogen) atoms. The van der Waals surface area contributed by atoms with Crippen LogP contribution in [0.2, 0.25) is 5.28 Å². The van der Waals surface area contributed by atoms with Gasteiger partial charge in [-0.2, -0.15) is 4.98 Å². The third kappa shape index (κ3) is 2.80. The van der Waals surface area contributed by atoms with Crippen LogP contribution < -0.4 is 5.32 Å². The summed E-state index contributed by atoms with van der Waals surface area (Å²) in [5.41, 5.74) is 0.671. The van der Waals surface area contributed by atoms with Gasteiger partial charge in [-0.15, -0.1) is 5.10 Å². The number of nitrogens with one attached hydrogen (secondary N) is 1. The number of hydrogen-bond donors (Lipinski definition) is 1. The van der Waals surface area contributed by atoms with Crippen LogP contribution >= 0.6 is 11.6 Å². The number of hydrogen-bond acceptors (Lipinski definition) is 5. The number of halogens is 3. The number of fused-ring (bicyclic) bond motifs is 4. The zero-order valence-corrected chi connectivity index (χ0v) is 14.9. The molecule has 3 aliphatic rings. The normalized spacial score (nSPS) is 29.7. The van der Waals surface area contributed by atoms with E-state index in [1.54, 1.807) is 29.8 Å². The van der Waals surface area contributed by atoms with E-state index in [1.807, 2.05) is 0 Å². The summed E-state index contributed by atoms with van der Waals surface area (Å²) >= 11 is 5.98. The van der Waals surface area contributed by atoms with Gasteiger partial charge in [-0.3, -0.25) is 4.79 Å². The van der Waals surface area contributed by atoms with Gasteiger partial charge >= 0.3 is 5.97 Å². The monoisotopic (exact) mass is 384 g/mol. The van der Waals surface area contributed by atoms with E-state index >= 15 is 0 Å². The average Bonchev–Trinajstić information content (AvgIpc) is 3.03. The molecule has 0 amide bonds. The fourth-order valence-electron chi connectivity index (χ4n) is 4.43. The first-order chi connectivity index (χ1) is 12.4. The predicted octanol–water partition coefficient (Wildman–Crippen LogP) is 3.41. The molecular weight excluding hydrogens is 366 g/mol. The topological polar surface area (TPSA) is 68.5 Å². The molecule has 0 spiro atoms. The van der Waals surface area contributed by atoms with Gasteiger partial charge in [0.25, 0.3) is 5.92 Å². The van der Waals surface area contributed by atoms with Gasteiger partial charge in [0.1, 0.15) is 5.52 Å². The Morgan fingerprint density at radius 1 is 1.50 bits per heavy atom. The number of nitrogens with zero attached hydrogens (tertiary/aromatic N) is 3. The van der Waals surface area contributed by atoms with Crippen molar-refractivity contribution >= 4 is 28.9 Å². The number of carbonyl (C=O) groups excluding carboxylic acids is 1. The number of esters is 1. The summed E-state index contributed by atoms with van der Waals surface area (Å²) in [4.78, 5) is 16.7. The van der Waals surface area contributed by atoms with E-state index in [4.69, 9.17) is 16.3 Å². The van der Waals surface area contributed by atoms with Gasteiger partial charge in [0.15, 0.2) is 5.82 Å². The summed E-state index contributed by atoms with van der Waals surface area (Å²) < 4.78 is 35.6. The molecule has 6 nitrogen and oxygen atoms in total. The first-order valence-corrected chi connectivity index (χ1v) is 9.10. The highest BCUT2D eigenvalue weighted by Gasteiger charge is 2.60. The molecule has 2 bridgehead atoms. The first-order valence-electron chi connectivity index (χ1n) is 8.72. The van der Waals surface area contributed by atoms with E-state index in [0.717, 1.165) is 0 Å². The molecule has 2 heterocycles. The highest BCUT2D eigenvalue weighted by Crippen LogP contribution is 2.54. The van der Waals surface area contributed by atoms with Gasteiger partial charge in [0.2, 0.25) is 5.28 Å². The SMILES string of the molecule is CCOC(=O)[C@H]1[C@@H](Nc2nc(Cl)nn3cccc23)[C@H]2CC[C@@H]1C(F)(F)C2. The van der Waals surface area contributed by atoms with Crippen LogP contribution in [-0.4, -0.2) is 39.1 Å². The largest absolute Gasteiger partial charge is 0.466 e. The van der Waals surface area contributed by atoms with Crippen LogP contribution in [-0.2, 0) is 9.53 Å². The van der Waals surface area contributed by atoms with Crippen LogP contribution in [0.25, 0.3) is 5.52 Å². The second-order valence-electron chi connectivity index (χ2n) is 6.92. The molecular formula is C17H19ClF2N4O2. The maximum absolute atomic E-state index is 14.4. The maximum atomic E-state index is 14.4. The van der Waals surface area contributed by atoms with Crippen molar-refractivity contribution in [1.29, 1.82) is 0 Å². The van der Waals surface area contributed by atoms with Gasteiger partial charge in [-0.1, -0.05) is 0 Å². The molecule has 2 aromatic heterocycles. The zero-order chi connectivity index (χ0) is 18.5. The quantitative estimate of drug-likeness (QED) is 0.818. The molecule has 1 N–H and O–H groups in total. The Balaban J connectivity index is 1.71. The molecule has 5 rings (SSSR count). The lowest BCUT2D eigenvalue weighted by atomic mass is 9.59. The lowest BCUT2D eigenvalue weighted by molar-refractivity contribution is -0.186. The van der Waals surface area contributed by atoms with Crippen molar-refractivity contribution in [1.82, 2.24) is 14.6 Å². The number of anilines is 1. The Kier molecular flexibility index (Phi) is 4.25. The van der Waals surface area contributed by atoms with Crippen molar-refractivity contribution in [2.24, 2.45) is 17.8 Å². The fraction of sp³-hybridized carbons (Fsp3) is 0.588. The lowest BCUT2D eigenvalue weighted by Crippen LogP contribution is -2.59. The number of rotatable bonds is 4. The highest BCUT2D eigenvalue weighted by molar-refractivity contribution is 6.28. The molecule has 140 valence electrons. The number of alkyl halides is 2. The van der Waals surface area contributed by atoms with E-state index in [-0.39, 0.29) is 24.2 Å². The van der Waals surface area contributed by atoms with Crippen molar-refractivity contribution in [3.8, 4) is 0 Å². The van der Waals surface area contributed by atoms with Crippen LogP contribution in [0, 0.1) is 17.8 Å². The van der Waals surface area contributed by atoms with Crippen molar-refractivity contribution in [2.75, 3.05) is 11.9 Å². The molecule has 0 aliphatic heterocycles. The Labute approximate surface area is 153 Å². The summed E-state index contributed by atoms with van der Waals surface area (Å²) in [6.07, 6.45) is 2.45. The van der Waals surface area contributed by atoms with Gasteiger partial charge < -0.3 is 10.1 Å². The van der Waals surface area contributed by atoms with E-state index in [0.29, 0.717) is 24.2 Å². The third-order valence-electron chi connectivity index (χ3n) is 5.48. The zero-order valence-electron chi connectivity index (χ0n) is 14.2. The molecule has 0 saturated heterocycles. The highest BCUT2D eigenvalue weighted by atomic mass is 35.5. The Morgan fingerprint density at radius 3 is 3.04 bits per heavy atom. The standard InChI is InChI=1S/C17H19ClF2N4O2/c1-2-26-15(25)12-10-6-5-9(8-17(10,19)20)13(12)21-14-11-4-3-7-24(11)23-16(18)22-14/h3-4,7,9-10,12-13H,2,5-6,8H2,1H3,(H,21,22,23)/t9-,10-,12+,13-/m0/s1. The summed E-state index contributed by atoms with van der Waals surface area (Å²) in [7, 11) is 0. The summed E-state index contributed by atoms with van der Waals surface area (Å²) in [6.45, 7) is 1.83. The van der Waals surface area contributed by atoms with Crippen molar-refractivity contribution in [3.05, 3.63) is 23.6 Å². The Bertz CT molecular complexity index is 843. The maximum Gasteiger partial charge on any atom is 0.311 e. The van der Waals surface area contributed by atoms with Crippen molar-refractivity contribution < 1.29 is 18.3 Å². The molecule has 0 aromatic carbocycles. The smallest absolute Gasteiger partial charge is 0.311 e.